The summed E-state index contributed by atoms with van der Waals surface area (Å²) in [5.41, 5.74) is 2.13. The van der Waals surface area contributed by atoms with E-state index >= 15 is 0 Å². The van der Waals surface area contributed by atoms with Gasteiger partial charge in [0, 0.05) is 29.4 Å². The number of amides is 2. The molecule has 0 fully saturated rings. The van der Waals surface area contributed by atoms with Crippen LogP contribution in [0.4, 0.5) is 5.69 Å². The summed E-state index contributed by atoms with van der Waals surface area (Å²) in [5.74, 6) is -0.370. The maximum atomic E-state index is 12.1. The quantitative estimate of drug-likeness (QED) is 0.753. The Morgan fingerprint density at radius 3 is 2.50 bits per heavy atom. The number of carbonyl (C=O) groups excluding carboxylic acids is 2. The van der Waals surface area contributed by atoms with E-state index in [1.54, 1.807) is 31.3 Å². The molecule has 0 saturated heterocycles. The number of anilines is 1. The van der Waals surface area contributed by atoms with Crippen LogP contribution in [-0.2, 0) is 4.79 Å². The molecule has 0 aromatic heterocycles. The van der Waals surface area contributed by atoms with Gasteiger partial charge in [-0.25, -0.2) is 0 Å². The molecule has 0 unspecified atom stereocenters. The van der Waals surface area contributed by atoms with Crippen molar-refractivity contribution < 1.29 is 9.59 Å². The average molecular weight is 346 g/mol. The summed E-state index contributed by atoms with van der Waals surface area (Å²) in [6.45, 7) is 2.14. The predicted octanol–water partition coefficient (Wildman–Crippen LogP) is 2.99. The van der Waals surface area contributed by atoms with Gasteiger partial charge in [0.1, 0.15) is 0 Å². The van der Waals surface area contributed by atoms with E-state index < -0.39 is 0 Å². The van der Waals surface area contributed by atoms with Crippen molar-refractivity contribution in [3.8, 4) is 0 Å². The van der Waals surface area contributed by atoms with Crippen LogP contribution < -0.4 is 16.0 Å². The Balaban J connectivity index is 1.89. The Morgan fingerprint density at radius 1 is 1.12 bits per heavy atom. The molecule has 0 heterocycles. The highest BCUT2D eigenvalue weighted by Gasteiger charge is 2.09. The first-order chi connectivity index (χ1) is 11.5. The van der Waals surface area contributed by atoms with Gasteiger partial charge < -0.3 is 16.0 Å². The molecule has 2 amide bonds. The second kappa shape index (κ2) is 8.47. The van der Waals surface area contributed by atoms with Crippen molar-refractivity contribution in [2.45, 2.75) is 13.0 Å². The topological polar surface area (TPSA) is 70.2 Å². The highest BCUT2D eigenvalue weighted by Crippen LogP contribution is 2.16. The van der Waals surface area contributed by atoms with Gasteiger partial charge in [-0.05, 0) is 42.8 Å². The van der Waals surface area contributed by atoms with Crippen molar-refractivity contribution in [2.75, 3.05) is 18.9 Å². The van der Waals surface area contributed by atoms with E-state index in [1.807, 2.05) is 31.2 Å². The van der Waals surface area contributed by atoms with Gasteiger partial charge in [-0.3, -0.25) is 9.59 Å². The van der Waals surface area contributed by atoms with Crippen molar-refractivity contribution in [3.05, 3.63) is 64.7 Å². The number of hydrogen-bond acceptors (Lipinski definition) is 3. The van der Waals surface area contributed by atoms with Crippen LogP contribution in [0.1, 0.15) is 28.9 Å². The molecule has 126 valence electrons. The second-order valence-corrected chi connectivity index (χ2v) is 5.80. The maximum absolute atomic E-state index is 12.1. The van der Waals surface area contributed by atoms with Gasteiger partial charge in [0.05, 0.1) is 6.54 Å². The summed E-state index contributed by atoms with van der Waals surface area (Å²) in [4.78, 5) is 23.7. The Labute approximate surface area is 146 Å². The molecule has 5 nitrogen and oxygen atoms in total. The van der Waals surface area contributed by atoms with Crippen LogP contribution in [0.25, 0.3) is 0 Å². The molecule has 0 radical (unpaired) electrons. The Bertz CT molecular complexity index is 716. The minimum Gasteiger partial charge on any atom is -0.355 e. The van der Waals surface area contributed by atoms with E-state index in [4.69, 9.17) is 11.6 Å². The van der Waals surface area contributed by atoms with Crippen LogP contribution in [0.3, 0.4) is 0 Å². The van der Waals surface area contributed by atoms with Gasteiger partial charge in [-0.1, -0.05) is 29.8 Å². The molecule has 0 saturated carbocycles. The van der Waals surface area contributed by atoms with Crippen molar-refractivity contribution in [3.63, 3.8) is 0 Å². The average Bonchev–Trinajstić information content (AvgIpc) is 2.59. The summed E-state index contributed by atoms with van der Waals surface area (Å²) in [7, 11) is 1.57. The Hall–Kier alpha value is -2.37. The minimum absolute atomic E-state index is 0.0187. The van der Waals surface area contributed by atoms with Gasteiger partial charge in [0.2, 0.25) is 5.91 Å². The lowest BCUT2D eigenvalue weighted by molar-refractivity contribution is -0.115. The third kappa shape index (κ3) is 5.08. The van der Waals surface area contributed by atoms with Crippen molar-refractivity contribution in [1.29, 1.82) is 0 Å². The maximum Gasteiger partial charge on any atom is 0.251 e. The largest absolute Gasteiger partial charge is 0.355 e. The molecular formula is C18H20ClN3O2. The van der Waals surface area contributed by atoms with Gasteiger partial charge in [-0.2, -0.15) is 0 Å². The zero-order valence-corrected chi connectivity index (χ0v) is 14.4. The third-order valence-electron chi connectivity index (χ3n) is 3.57. The smallest absolute Gasteiger partial charge is 0.251 e. The van der Waals surface area contributed by atoms with Crippen molar-refractivity contribution in [1.82, 2.24) is 10.6 Å². The lowest BCUT2D eigenvalue weighted by Gasteiger charge is -2.14. The molecule has 24 heavy (non-hydrogen) atoms. The molecule has 6 heteroatoms. The molecule has 2 aromatic rings. The fraction of sp³-hybridized carbons (Fsp3) is 0.222. The van der Waals surface area contributed by atoms with Gasteiger partial charge in [0.25, 0.3) is 5.91 Å². The zero-order valence-electron chi connectivity index (χ0n) is 13.6. The van der Waals surface area contributed by atoms with E-state index in [0.29, 0.717) is 16.3 Å². The molecule has 1 atom stereocenters. The number of hydrogen-bond donors (Lipinski definition) is 3. The third-order valence-corrected chi connectivity index (χ3v) is 3.83. The fourth-order valence-electron chi connectivity index (χ4n) is 2.20. The summed E-state index contributed by atoms with van der Waals surface area (Å²) >= 11 is 5.87. The highest BCUT2D eigenvalue weighted by molar-refractivity contribution is 6.30. The summed E-state index contributed by atoms with van der Waals surface area (Å²) in [6, 6.07) is 14.3. The molecule has 0 spiro atoms. The standard InChI is InChI=1S/C18H20ClN3O2/c1-12(13-6-8-15(19)9-7-13)21-11-17(23)22-16-5-3-4-14(10-16)18(24)20-2/h3-10,12,21H,11H2,1-2H3,(H,20,24)(H,22,23)/t12-/m1/s1. The molecule has 0 aliphatic carbocycles. The van der Waals surface area contributed by atoms with Crippen LogP contribution in [0, 0.1) is 0 Å². The van der Waals surface area contributed by atoms with E-state index in [0.717, 1.165) is 5.56 Å². The van der Waals surface area contributed by atoms with E-state index in [-0.39, 0.29) is 24.4 Å². The van der Waals surface area contributed by atoms with Crippen molar-refractivity contribution >= 4 is 29.1 Å². The van der Waals surface area contributed by atoms with E-state index in [9.17, 15) is 9.59 Å². The lowest BCUT2D eigenvalue weighted by Crippen LogP contribution is -2.30. The van der Waals surface area contributed by atoms with Gasteiger partial charge >= 0.3 is 0 Å². The molecule has 0 bridgehead atoms. The molecular weight excluding hydrogens is 326 g/mol. The van der Waals surface area contributed by atoms with Crippen LogP contribution in [-0.4, -0.2) is 25.4 Å². The molecule has 3 N–H and O–H groups in total. The zero-order chi connectivity index (χ0) is 17.5. The SMILES string of the molecule is CNC(=O)c1cccc(NC(=O)CN[C@H](C)c2ccc(Cl)cc2)c1. The normalized spacial score (nSPS) is 11.6. The number of halogens is 1. The molecule has 0 aliphatic heterocycles. The van der Waals surface area contributed by atoms with Crippen LogP contribution >= 0.6 is 11.6 Å². The predicted molar refractivity (Wildman–Crippen MR) is 96.3 cm³/mol. The van der Waals surface area contributed by atoms with Crippen LogP contribution in [0.2, 0.25) is 5.02 Å². The number of rotatable bonds is 6. The second-order valence-electron chi connectivity index (χ2n) is 5.36. The molecule has 2 aromatic carbocycles. The fourth-order valence-corrected chi connectivity index (χ4v) is 2.33. The van der Waals surface area contributed by atoms with Crippen LogP contribution in [0.15, 0.2) is 48.5 Å². The molecule has 0 aliphatic rings. The number of benzene rings is 2. The van der Waals surface area contributed by atoms with Crippen LogP contribution in [0.5, 0.6) is 0 Å². The molecule has 2 rings (SSSR count). The van der Waals surface area contributed by atoms with Crippen molar-refractivity contribution in [2.24, 2.45) is 0 Å². The number of nitrogens with one attached hydrogen (secondary N) is 3. The van der Waals surface area contributed by atoms with E-state index in [2.05, 4.69) is 16.0 Å². The Morgan fingerprint density at radius 2 is 1.83 bits per heavy atom. The Kier molecular flexibility index (Phi) is 6.35. The monoisotopic (exact) mass is 345 g/mol. The summed E-state index contributed by atoms with van der Waals surface area (Å²) < 4.78 is 0. The first kappa shape index (κ1) is 18.0. The summed E-state index contributed by atoms with van der Waals surface area (Å²) in [5, 5.41) is 9.16. The number of carbonyl (C=O) groups is 2. The van der Waals surface area contributed by atoms with Gasteiger partial charge in [0.15, 0.2) is 0 Å². The first-order valence-electron chi connectivity index (χ1n) is 7.60. The van der Waals surface area contributed by atoms with E-state index in [1.165, 1.54) is 0 Å². The first-order valence-corrected chi connectivity index (χ1v) is 7.98. The highest BCUT2D eigenvalue weighted by atomic mass is 35.5. The minimum atomic E-state index is -0.194. The van der Waals surface area contributed by atoms with Gasteiger partial charge in [-0.15, -0.1) is 0 Å². The lowest BCUT2D eigenvalue weighted by atomic mass is 10.1. The summed E-state index contributed by atoms with van der Waals surface area (Å²) in [6.07, 6.45) is 0.